The number of imidazole rings is 1. The minimum atomic E-state index is -1.10. The van der Waals surface area contributed by atoms with Crippen molar-refractivity contribution in [1.29, 1.82) is 0 Å². The minimum absolute atomic E-state index is 0.0383. The summed E-state index contributed by atoms with van der Waals surface area (Å²) in [7, 11) is 0. The molecule has 2 aromatic rings. The summed E-state index contributed by atoms with van der Waals surface area (Å²) in [4.78, 5) is 36.9. The number of rotatable bonds is 5. The lowest BCUT2D eigenvalue weighted by molar-refractivity contribution is -0.121. The predicted molar refractivity (Wildman–Crippen MR) is 72.8 cm³/mol. The molecule has 0 aliphatic heterocycles. The van der Waals surface area contributed by atoms with E-state index >= 15 is 0 Å². The number of para-hydroxylation sites is 1. The molecule has 0 atom stereocenters. The van der Waals surface area contributed by atoms with Crippen molar-refractivity contribution in [3.63, 3.8) is 0 Å². The van der Waals surface area contributed by atoms with Crippen molar-refractivity contribution in [2.24, 2.45) is 0 Å². The van der Waals surface area contributed by atoms with Gasteiger partial charge in [0.05, 0.1) is 16.6 Å². The van der Waals surface area contributed by atoms with Crippen molar-refractivity contribution in [3.8, 4) is 0 Å². The molecule has 0 bridgehead atoms. The lowest BCUT2D eigenvalue weighted by Crippen LogP contribution is -2.26. The molecule has 106 valence electrons. The summed E-state index contributed by atoms with van der Waals surface area (Å²) in [6.07, 6.45) is 0.165. The van der Waals surface area contributed by atoms with E-state index in [1.165, 1.54) is 10.6 Å². The van der Waals surface area contributed by atoms with E-state index in [1.54, 1.807) is 12.1 Å². The Bertz CT molecular complexity index is 714. The van der Waals surface area contributed by atoms with Crippen molar-refractivity contribution in [2.45, 2.75) is 19.9 Å². The summed E-state index contributed by atoms with van der Waals surface area (Å²) in [6.45, 7) is 2.55. The number of aromatic carboxylic acids is 1. The van der Waals surface area contributed by atoms with Gasteiger partial charge >= 0.3 is 11.7 Å². The molecule has 1 amide bonds. The Kier molecular flexibility index (Phi) is 3.88. The van der Waals surface area contributed by atoms with Gasteiger partial charge in [0.2, 0.25) is 5.91 Å². The number of amides is 1. The second-order valence-electron chi connectivity index (χ2n) is 4.29. The fourth-order valence-corrected chi connectivity index (χ4v) is 2.08. The summed E-state index contributed by atoms with van der Waals surface area (Å²) in [6, 6.07) is 4.65. The van der Waals surface area contributed by atoms with Crippen LogP contribution in [0, 0.1) is 0 Å². The first-order valence-corrected chi connectivity index (χ1v) is 6.26. The van der Waals surface area contributed by atoms with E-state index in [0.717, 1.165) is 0 Å². The molecule has 0 unspecified atom stereocenters. The number of carbonyl (C=O) groups is 2. The van der Waals surface area contributed by atoms with Crippen LogP contribution in [0.15, 0.2) is 23.0 Å². The maximum absolute atomic E-state index is 11.9. The molecule has 1 aromatic heterocycles. The highest BCUT2D eigenvalue weighted by atomic mass is 16.4. The number of aromatic nitrogens is 2. The molecule has 3 N–H and O–H groups in total. The third-order valence-corrected chi connectivity index (χ3v) is 2.98. The Balaban J connectivity index is 2.37. The summed E-state index contributed by atoms with van der Waals surface area (Å²) >= 11 is 0. The van der Waals surface area contributed by atoms with Gasteiger partial charge in [0.25, 0.3) is 0 Å². The van der Waals surface area contributed by atoms with Crippen LogP contribution in [-0.2, 0) is 11.3 Å². The molecule has 0 aliphatic carbocycles. The fourth-order valence-electron chi connectivity index (χ4n) is 2.08. The first-order chi connectivity index (χ1) is 9.54. The number of benzene rings is 1. The van der Waals surface area contributed by atoms with Crippen LogP contribution in [0.1, 0.15) is 23.7 Å². The number of H-pyrrole nitrogens is 1. The number of carboxylic acids is 1. The van der Waals surface area contributed by atoms with Crippen LogP contribution in [0.25, 0.3) is 11.0 Å². The van der Waals surface area contributed by atoms with E-state index in [1.807, 2.05) is 6.92 Å². The molecule has 2 rings (SSSR count). The van der Waals surface area contributed by atoms with Crippen LogP contribution < -0.4 is 11.0 Å². The van der Waals surface area contributed by atoms with Crippen molar-refractivity contribution < 1.29 is 14.7 Å². The van der Waals surface area contributed by atoms with Gasteiger partial charge in [-0.25, -0.2) is 9.59 Å². The highest BCUT2D eigenvalue weighted by Crippen LogP contribution is 2.15. The second kappa shape index (κ2) is 5.60. The average molecular weight is 277 g/mol. The third-order valence-electron chi connectivity index (χ3n) is 2.98. The molecule has 0 spiro atoms. The number of aryl methyl sites for hydroxylation is 1. The van der Waals surface area contributed by atoms with Crippen molar-refractivity contribution >= 4 is 22.9 Å². The first-order valence-electron chi connectivity index (χ1n) is 6.26. The summed E-state index contributed by atoms with van der Waals surface area (Å²) < 4.78 is 1.37. The Labute approximate surface area is 114 Å². The molecule has 0 radical (unpaired) electrons. The van der Waals surface area contributed by atoms with Gasteiger partial charge < -0.3 is 15.4 Å². The van der Waals surface area contributed by atoms with E-state index in [4.69, 9.17) is 5.11 Å². The summed E-state index contributed by atoms with van der Waals surface area (Å²) in [5.74, 6) is -1.25. The van der Waals surface area contributed by atoms with E-state index < -0.39 is 11.7 Å². The minimum Gasteiger partial charge on any atom is -0.478 e. The molecule has 0 saturated heterocycles. The number of carbonyl (C=O) groups excluding carboxylic acids is 1. The second-order valence-corrected chi connectivity index (χ2v) is 4.29. The van der Waals surface area contributed by atoms with Crippen LogP contribution in [-0.4, -0.2) is 33.1 Å². The van der Waals surface area contributed by atoms with Gasteiger partial charge in [0, 0.05) is 19.5 Å². The largest absolute Gasteiger partial charge is 0.478 e. The number of hydrogen-bond donors (Lipinski definition) is 3. The lowest BCUT2D eigenvalue weighted by atomic mass is 10.2. The molecule has 1 aromatic carbocycles. The maximum atomic E-state index is 11.9. The molecule has 1 heterocycles. The zero-order valence-electron chi connectivity index (χ0n) is 11.0. The quantitative estimate of drug-likeness (QED) is 0.742. The highest BCUT2D eigenvalue weighted by Gasteiger charge is 2.14. The zero-order valence-corrected chi connectivity index (χ0v) is 11.0. The number of aromatic amines is 1. The van der Waals surface area contributed by atoms with Crippen LogP contribution in [0.2, 0.25) is 0 Å². The zero-order chi connectivity index (χ0) is 14.7. The van der Waals surface area contributed by atoms with Gasteiger partial charge in [-0.15, -0.1) is 0 Å². The van der Waals surface area contributed by atoms with Crippen molar-refractivity contribution in [2.75, 3.05) is 6.54 Å². The third kappa shape index (κ3) is 2.56. The van der Waals surface area contributed by atoms with Crippen molar-refractivity contribution in [3.05, 3.63) is 34.2 Å². The first kappa shape index (κ1) is 13.9. The van der Waals surface area contributed by atoms with Gasteiger partial charge in [0.15, 0.2) is 0 Å². The summed E-state index contributed by atoms with van der Waals surface area (Å²) in [5.41, 5.74) is 0.384. The van der Waals surface area contributed by atoms with Crippen LogP contribution in [0.3, 0.4) is 0 Å². The molecule has 0 aliphatic rings. The smallest absolute Gasteiger partial charge is 0.337 e. The number of nitrogens with zero attached hydrogens (tertiary/aromatic N) is 1. The molecule has 0 fully saturated rings. The van der Waals surface area contributed by atoms with Gasteiger partial charge in [-0.2, -0.15) is 0 Å². The predicted octanol–water partition coefficient (Wildman–Crippen LogP) is 0.554. The molecular weight excluding hydrogens is 262 g/mol. The Hall–Kier alpha value is -2.57. The number of fused-ring (bicyclic) bond motifs is 1. The Morgan fingerprint density at radius 3 is 2.80 bits per heavy atom. The Morgan fingerprint density at radius 1 is 1.40 bits per heavy atom. The SMILES string of the molecule is CCNC(=O)CCn1c(=O)[nH]c2c(C(=O)O)cccc21. The fraction of sp³-hybridized carbons (Fsp3) is 0.308. The number of hydrogen-bond acceptors (Lipinski definition) is 3. The molecule has 7 heteroatoms. The van der Waals surface area contributed by atoms with E-state index in [2.05, 4.69) is 10.3 Å². The normalized spacial score (nSPS) is 10.7. The molecule has 20 heavy (non-hydrogen) atoms. The standard InChI is InChI=1S/C13H15N3O4/c1-2-14-10(17)6-7-16-9-5-3-4-8(12(18)19)11(9)15-13(16)20/h3-5H,2,6-7H2,1H3,(H,14,17)(H,15,20)(H,18,19). The molecule has 7 nitrogen and oxygen atoms in total. The van der Waals surface area contributed by atoms with E-state index in [9.17, 15) is 14.4 Å². The number of nitrogens with one attached hydrogen (secondary N) is 2. The van der Waals surface area contributed by atoms with Crippen LogP contribution in [0.5, 0.6) is 0 Å². The summed E-state index contributed by atoms with van der Waals surface area (Å²) in [5, 5.41) is 11.7. The molecule has 0 saturated carbocycles. The lowest BCUT2D eigenvalue weighted by Gasteiger charge is -2.04. The molecular formula is C13H15N3O4. The van der Waals surface area contributed by atoms with Crippen LogP contribution >= 0.6 is 0 Å². The Morgan fingerprint density at radius 2 is 2.15 bits per heavy atom. The van der Waals surface area contributed by atoms with Crippen molar-refractivity contribution in [1.82, 2.24) is 14.9 Å². The maximum Gasteiger partial charge on any atom is 0.337 e. The van der Waals surface area contributed by atoms with E-state index in [-0.39, 0.29) is 30.0 Å². The van der Waals surface area contributed by atoms with E-state index in [0.29, 0.717) is 12.1 Å². The topological polar surface area (TPSA) is 104 Å². The van der Waals surface area contributed by atoms with Gasteiger partial charge in [0.1, 0.15) is 0 Å². The van der Waals surface area contributed by atoms with Gasteiger partial charge in [-0.1, -0.05) is 6.07 Å². The average Bonchev–Trinajstić information content (AvgIpc) is 2.72. The number of carboxylic acid groups (broad SMARTS) is 1. The highest BCUT2D eigenvalue weighted by molar-refractivity contribution is 6.00. The van der Waals surface area contributed by atoms with Gasteiger partial charge in [-0.05, 0) is 19.1 Å². The monoisotopic (exact) mass is 277 g/mol. The van der Waals surface area contributed by atoms with Gasteiger partial charge in [-0.3, -0.25) is 9.36 Å². The van der Waals surface area contributed by atoms with Crippen LogP contribution in [0.4, 0.5) is 0 Å².